The second kappa shape index (κ2) is 5.06. The lowest BCUT2D eigenvalue weighted by atomic mass is 9.57. The van der Waals surface area contributed by atoms with Crippen molar-refractivity contribution in [3.63, 3.8) is 0 Å². The highest BCUT2D eigenvalue weighted by Crippen LogP contribution is 2.53. The van der Waals surface area contributed by atoms with E-state index in [-0.39, 0.29) is 5.41 Å². The summed E-state index contributed by atoms with van der Waals surface area (Å²) in [7, 11) is 2.04. The van der Waals surface area contributed by atoms with Gasteiger partial charge in [-0.2, -0.15) is 5.26 Å². The standard InChI is InChI=1S/C16H16BrN3/c1-20-8-7-19-15(20)16(10-12(11-16)5-6-18)13-3-2-4-14(17)9-13/h2-4,7-9,12H,5,10-11H2,1H3/t12-,16+. The molecule has 4 heteroatoms. The predicted molar refractivity (Wildman–Crippen MR) is 81.1 cm³/mol. The summed E-state index contributed by atoms with van der Waals surface area (Å²) < 4.78 is 3.19. The van der Waals surface area contributed by atoms with Crippen LogP contribution in [0.1, 0.15) is 30.7 Å². The van der Waals surface area contributed by atoms with Gasteiger partial charge in [0.25, 0.3) is 0 Å². The number of rotatable bonds is 3. The molecule has 0 bridgehead atoms. The summed E-state index contributed by atoms with van der Waals surface area (Å²) in [5, 5.41) is 8.89. The van der Waals surface area contributed by atoms with Gasteiger partial charge in [-0.15, -0.1) is 0 Å². The molecular weight excluding hydrogens is 314 g/mol. The fourth-order valence-electron chi connectivity index (χ4n) is 3.36. The summed E-state index contributed by atoms with van der Waals surface area (Å²) >= 11 is 3.56. The van der Waals surface area contributed by atoms with E-state index in [9.17, 15) is 0 Å². The highest BCUT2D eigenvalue weighted by Gasteiger charge is 2.49. The van der Waals surface area contributed by atoms with E-state index < -0.39 is 0 Å². The van der Waals surface area contributed by atoms with Gasteiger partial charge in [-0.25, -0.2) is 4.98 Å². The Hall–Kier alpha value is -1.60. The molecule has 0 radical (unpaired) electrons. The van der Waals surface area contributed by atoms with Gasteiger partial charge in [0.15, 0.2) is 0 Å². The second-order valence-electron chi connectivity index (χ2n) is 5.59. The Morgan fingerprint density at radius 2 is 2.30 bits per heavy atom. The molecule has 1 aromatic heterocycles. The highest BCUT2D eigenvalue weighted by atomic mass is 79.9. The van der Waals surface area contributed by atoms with Crippen molar-refractivity contribution in [3.05, 3.63) is 52.5 Å². The molecule has 3 rings (SSSR count). The number of halogens is 1. The molecule has 1 aliphatic rings. The maximum atomic E-state index is 8.89. The smallest absolute Gasteiger partial charge is 0.119 e. The van der Waals surface area contributed by atoms with Crippen molar-refractivity contribution in [1.29, 1.82) is 5.26 Å². The average molecular weight is 330 g/mol. The van der Waals surface area contributed by atoms with Crippen LogP contribution in [0.2, 0.25) is 0 Å². The molecule has 20 heavy (non-hydrogen) atoms. The summed E-state index contributed by atoms with van der Waals surface area (Å²) in [6.45, 7) is 0. The van der Waals surface area contributed by atoms with Crippen molar-refractivity contribution in [3.8, 4) is 6.07 Å². The average Bonchev–Trinajstić information content (AvgIpc) is 2.80. The van der Waals surface area contributed by atoms with E-state index in [1.54, 1.807) is 0 Å². The third-order valence-electron chi connectivity index (χ3n) is 4.28. The Morgan fingerprint density at radius 1 is 1.50 bits per heavy atom. The second-order valence-corrected chi connectivity index (χ2v) is 6.51. The van der Waals surface area contributed by atoms with Crippen LogP contribution in [0.15, 0.2) is 41.1 Å². The molecule has 1 aromatic carbocycles. The molecule has 0 N–H and O–H groups in total. The molecule has 1 aliphatic carbocycles. The molecule has 0 spiro atoms. The van der Waals surface area contributed by atoms with Gasteiger partial charge in [0.05, 0.1) is 11.5 Å². The number of aryl methyl sites for hydroxylation is 1. The van der Waals surface area contributed by atoms with Crippen LogP contribution in [-0.4, -0.2) is 9.55 Å². The van der Waals surface area contributed by atoms with Crippen LogP contribution in [0.25, 0.3) is 0 Å². The van der Waals surface area contributed by atoms with Crippen molar-refractivity contribution < 1.29 is 0 Å². The molecule has 0 amide bonds. The maximum absolute atomic E-state index is 8.89. The molecule has 2 aromatic rings. The first-order chi connectivity index (χ1) is 9.65. The normalized spacial score (nSPS) is 24.9. The number of aromatic nitrogens is 2. The van der Waals surface area contributed by atoms with Crippen molar-refractivity contribution in [1.82, 2.24) is 9.55 Å². The summed E-state index contributed by atoms with van der Waals surface area (Å²) in [4.78, 5) is 4.58. The van der Waals surface area contributed by atoms with Crippen LogP contribution < -0.4 is 0 Å². The molecule has 1 heterocycles. The number of hydrogen-bond donors (Lipinski definition) is 0. The maximum Gasteiger partial charge on any atom is 0.119 e. The minimum atomic E-state index is -0.0381. The van der Waals surface area contributed by atoms with E-state index in [0.717, 1.165) is 23.1 Å². The third kappa shape index (κ3) is 2.06. The van der Waals surface area contributed by atoms with Crippen LogP contribution in [0.4, 0.5) is 0 Å². The van der Waals surface area contributed by atoms with Crippen molar-refractivity contribution >= 4 is 15.9 Å². The van der Waals surface area contributed by atoms with Crippen LogP contribution in [0, 0.1) is 17.2 Å². The minimum absolute atomic E-state index is 0.0381. The lowest BCUT2D eigenvalue weighted by molar-refractivity contribution is 0.172. The summed E-state index contributed by atoms with van der Waals surface area (Å²) in [5.74, 6) is 1.58. The molecule has 0 aliphatic heterocycles. The van der Waals surface area contributed by atoms with Crippen LogP contribution in [0.3, 0.4) is 0 Å². The number of nitrogens with zero attached hydrogens (tertiary/aromatic N) is 3. The molecule has 3 nitrogen and oxygen atoms in total. The van der Waals surface area contributed by atoms with Gasteiger partial charge >= 0.3 is 0 Å². The molecule has 1 saturated carbocycles. The Balaban J connectivity index is 2.03. The van der Waals surface area contributed by atoms with E-state index in [1.807, 2.05) is 25.5 Å². The summed E-state index contributed by atoms with van der Waals surface area (Å²) in [5.41, 5.74) is 1.25. The Kier molecular flexibility index (Phi) is 3.39. The highest BCUT2D eigenvalue weighted by molar-refractivity contribution is 9.10. The minimum Gasteiger partial charge on any atom is -0.337 e. The monoisotopic (exact) mass is 329 g/mol. The van der Waals surface area contributed by atoms with Crippen LogP contribution in [0.5, 0.6) is 0 Å². The molecule has 0 atom stereocenters. The topological polar surface area (TPSA) is 41.6 Å². The van der Waals surface area contributed by atoms with Gasteiger partial charge in [-0.05, 0) is 36.5 Å². The molecule has 0 unspecified atom stereocenters. The van der Waals surface area contributed by atoms with Gasteiger partial charge in [-0.3, -0.25) is 0 Å². The van der Waals surface area contributed by atoms with Gasteiger partial charge in [0.2, 0.25) is 0 Å². The Morgan fingerprint density at radius 3 is 2.90 bits per heavy atom. The van der Waals surface area contributed by atoms with Gasteiger partial charge in [0.1, 0.15) is 5.82 Å². The molecule has 0 saturated heterocycles. The Bertz CT molecular complexity index is 662. The predicted octanol–water partition coefficient (Wildman–Crippen LogP) is 3.79. The molecule has 102 valence electrons. The van der Waals surface area contributed by atoms with Crippen molar-refractivity contribution in [2.45, 2.75) is 24.7 Å². The molecule has 1 fully saturated rings. The third-order valence-corrected chi connectivity index (χ3v) is 4.77. The van der Waals surface area contributed by atoms with Crippen LogP contribution >= 0.6 is 15.9 Å². The van der Waals surface area contributed by atoms with E-state index in [4.69, 9.17) is 5.26 Å². The van der Waals surface area contributed by atoms with Gasteiger partial charge < -0.3 is 4.57 Å². The zero-order valence-electron chi connectivity index (χ0n) is 11.4. The number of nitriles is 1. The van der Waals surface area contributed by atoms with Crippen molar-refractivity contribution in [2.24, 2.45) is 13.0 Å². The fourth-order valence-corrected chi connectivity index (χ4v) is 3.76. The molecular formula is C16H16BrN3. The lowest BCUT2D eigenvalue weighted by Crippen LogP contribution is -2.44. The summed E-state index contributed by atoms with van der Waals surface area (Å²) in [6, 6.07) is 10.8. The van der Waals surface area contributed by atoms with E-state index in [0.29, 0.717) is 12.3 Å². The quantitative estimate of drug-likeness (QED) is 0.859. The SMILES string of the molecule is Cn1ccnc1[C@]1(c2cccc(Br)c2)C[C@H](CC#N)C1. The zero-order valence-corrected chi connectivity index (χ0v) is 13.0. The lowest BCUT2D eigenvalue weighted by Gasteiger charge is -2.47. The largest absolute Gasteiger partial charge is 0.337 e. The first-order valence-corrected chi connectivity index (χ1v) is 7.56. The van der Waals surface area contributed by atoms with E-state index in [1.165, 1.54) is 5.56 Å². The summed E-state index contributed by atoms with van der Waals surface area (Å²) in [6.07, 6.45) is 6.49. The Labute approximate surface area is 127 Å². The van der Waals surface area contributed by atoms with E-state index in [2.05, 4.69) is 49.7 Å². The van der Waals surface area contributed by atoms with Gasteiger partial charge in [0, 0.05) is 30.3 Å². The first-order valence-electron chi connectivity index (χ1n) is 6.76. The van der Waals surface area contributed by atoms with Crippen molar-refractivity contribution in [2.75, 3.05) is 0 Å². The fraction of sp³-hybridized carbons (Fsp3) is 0.375. The number of imidazole rings is 1. The number of benzene rings is 1. The van der Waals surface area contributed by atoms with Crippen LogP contribution in [-0.2, 0) is 12.5 Å². The van der Waals surface area contributed by atoms with Gasteiger partial charge in [-0.1, -0.05) is 28.1 Å². The zero-order chi connectivity index (χ0) is 14.2. The first kappa shape index (κ1) is 13.4. The number of hydrogen-bond acceptors (Lipinski definition) is 2. The van der Waals surface area contributed by atoms with E-state index >= 15 is 0 Å².